The van der Waals surface area contributed by atoms with Crippen molar-refractivity contribution in [3.05, 3.63) is 43.5 Å². The molecule has 28 heavy (non-hydrogen) atoms. The van der Waals surface area contributed by atoms with Gasteiger partial charge in [-0.05, 0) is 59.5 Å². The van der Waals surface area contributed by atoms with Crippen LogP contribution in [0, 0.1) is 42.9 Å². The molecule has 0 amide bonds. The predicted molar refractivity (Wildman–Crippen MR) is 113 cm³/mol. The maximum atomic E-state index is 10.7. The zero-order valence-corrected chi connectivity index (χ0v) is 18.8. The van der Waals surface area contributed by atoms with Crippen molar-refractivity contribution in [2.75, 3.05) is 0 Å². The van der Waals surface area contributed by atoms with Crippen molar-refractivity contribution in [3.8, 4) is 0 Å². The predicted octanol–water partition coefficient (Wildman–Crippen LogP) is 6.07. The van der Waals surface area contributed by atoms with E-state index in [-0.39, 0.29) is 20.7 Å². The topological polar surface area (TPSA) is 86.3 Å². The molecule has 0 aromatic heterocycles. The number of hydrogen-bond acceptors (Lipinski definition) is 4. The van der Waals surface area contributed by atoms with Gasteiger partial charge in [-0.1, -0.05) is 53.7 Å². The Morgan fingerprint density at radius 1 is 0.964 bits per heavy atom. The lowest BCUT2D eigenvalue weighted by Gasteiger charge is -2.33. The second-order valence-corrected chi connectivity index (χ2v) is 10.4. The van der Waals surface area contributed by atoms with Gasteiger partial charge in [0.2, 0.25) is 12.1 Å². The number of hydrogen-bond donors (Lipinski definition) is 0. The summed E-state index contributed by atoms with van der Waals surface area (Å²) in [5, 5.41) is 21.4. The van der Waals surface area contributed by atoms with E-state index in [0.29, 0.717) is 11.8 Å². The van der Waals surface area contributed by atoms with Crippen LogP contribution in [0.15, 0.2) is 23.3 Å². The van der Waals surface area contributed by atoms with Gasteiger partial charge in [-0.2, -0.15) is 0 Å². The zero-order valence-electron chi connectivity index (χ0n) is 18.8. The van der Waals surface area contributed by atoms with E-state index in [9.17, 15) is 20.2 Å². The summed E-state index contributed by atoms with van der Waals surface area (Å²) in [5.41, 5.74) is 2.34. The minimum absolute atomic E-state index is 0.122. The van der Waals surface area contributed by atoms with E-state index in [1.807, 2.05) is 0 Å². The zero-order chi connectivity index (χ0) is 21.9. The van der Waals surface area contributed by atoms with Crippen LogP contribution in [0.2, 0.25) is 0 Å². The lowest BCUT2D eigenvalue weighted by atomic mass is 9.72. The summed E-state index contributed by atoms with van der Waals surface area (Å²) in [7, 11) is 0. The Morgan fingerprint density at radius 2 is 1.46 bits per heavy atom. The van der Waals surface area contributed by atoms with Gasteiger partial charge in [0.1, 0.15) is 0 Å². The molecular weight excluding hydrogens is 356 g/mol. The van der Waals surface area contributed by atoms with Crippen molar-refractivity contribution in [1.29, 1.82) is 0 Å². The molecular formula is C22H38N2O4. The maximum Gasteiger partial charge on any atom is 0.231 e. The molecule has 160 valence electrons. The van der Waals surface area contributed by atoms with Crippen LogP contribution in [0.4, 0.5) is 0 Å². The molecule has 0 saturated carbocycles. The van der Waals surface area contributed by atoms with Crippen LogP contribution in [0.3, 0.4) is 0 Å². The Balaban J connectivity index is 0.000000280. The quantitative estimate of drug-likeness (QED) is 0.329. The van der Waals surface area contributed by atoms with Gasteiger partial charge in [0.15, 0.2) is 0 Å². The van der Waals surface area contributed by atoms with Crippen LogP contribution >= 0.6 is 0 Å². The summed E-state index contributed by atoms with van der Waals surface area (Å²) < 4.78 is 0. The summed E-state index contributed by atoms with van der Waals surface area (Å²) in [5.74, 6) is 1.03. The molecule has 0 heterocycles. The van der Waals surface area contributed by atoms with Crippen molar-refractivity contribution in [2.45, 2.75) is 93.2 Å². The highest BCUT2D eigenvalue weighted by atomic mass is 16.6. The van der Waals surface area contributed by atoms with Gasteiger partial charge >= 0.3 is 0 Å². The van der Waals surface area contributed by atoms with Gasteiger partial charge in [-0.25, -0.2) is 0 Å². The molecule has 0 bridgehead atoms. The first-order chi connectivity index (χ1) is 12.6. The number of nitrogens with zero attached hydrogens (tertiary/aromatic N) is 2. The Bertz CT molecular complexity index is 649. The van der Waals surface area contributed by atoms with Gasteiger partial charge < -0.3 is 0 Å². The monoisotopic (exact) mass is 394 g/mol. The first kappa shape index (κ1) is 24.3. The molecule has 0 N–H and O–H groups in total. The minimum atomic E-state index is -0.517. The fourth-order valence-corrected chi connectivity index (χ4v) is 4.82. The normalized spacial score (nSPS) is 28.0. The number of nitro groups is 2. The van der Waals surface area contributed by atoms with Gasteiger partial charge in [-0.3, -0.25) is 20.2 Å². The van der Waals surface area contributed by atoms with Crippen LogP contribution in [0.1, 0.15) is 81.1 Å². The molecule has 4 atom stereocenters. The van der Waals surface area contributed by atoms with Crippen LogP contribution in [0.25, 0.3) is 0 Å². The Hall–Kier alpha value is -1.72. The summed E-state index contributed by atoms with van der Waals surface area (Å²) in [6.45, 7) is 16.3. The molecule has 0 fully saturated rings. The fourth-order valence-electron chi connectivity index (χ4n) is 4.82. The molecule has 6 nitrogen and oxygen atoms in total. The number of rotatable bonds is 4. The van der Waals surface area contributed by atoms with Crippen molar-refractivity contribution < 1.29 is 9.85 Å². The third-order valence-electron chi connectivity index (χ3n) is 5.80. The third kappa shape index (κ3) is 7.36. The molecule has 4 unspecified atom stereocenters. The van der Waals surface area contributed by atoms with Crippen molar-refractivity contribution in [2.24, 2.45) is 22.7 Å². The summed E-state index contributed by atoms with van der Waals surface area (Å²) in [6.07, 6.45) is 8.17. The molecule has 2 aliphatic carbocycles. The average molecular weight is 395 g/mol. The summed E-state index contributed by atoms with van der Waals surface area (Å²) >= 11 is 0. The molecule has 0 aromatic carbocycles. The van der Waals surface area contributed by atoms with E-state index in [1.54, 1.807) is 13.8 Å². The van der Waals surface area contributed by atoms with Crippen molar-refractivity contribution in [1.82, 2.24) is 0 Å². The second-order valence-electron chi connectivity index (χ2n) is 10.4. The maximum absolute atomic E-state index is 10.7. The highest BCUT2D eigenvalue weighted by Gasteiger charge is 2.32. The van der Waals surface area contributed by atoms with Crippen molar-refractivity contribution >= 4 is 0 Å². The minimum Gasteiger partial charge on any atom is -0.264 e. The van der Waals surface area contributed by atoms with E-state index in [0.717, 1.165) is 36.8 Å². The molecule has 0 aromatic rings. The Labute approximate surface area is 169 Å². The van der Waals surface area contributed by atoms with E-state index in [1.165, 1.54) is 0 Å². The average Bonchev–Trinajstić information content (AvgIpc) is 2.49. The summed E-state index contributed by atoms with van der Waals surface area (Å²) in [4.78, 5) is 21.0. The fraction of sp³-hybridized carbons (Fsp3) is 0.818. The molecule has 0 saturated heterocycles. The molecule has 6 heteroatoms. The van der Waals surface area contributed by atoms with Crippen molar-refractivity contribution in [3.63, 3.8) is 0 Å². The summed E-state index contributed by atoms with van der Waals surface area (Å²) in [6, 6.07) is -1.03. The lowest BCUT2D eigenvalue weighted by molar-refractivity contribution is -0.508. The van der Waals surface area contributed by atoms with Crippen LogP contribution in [0.5, 0.6) is 0 Å². The Kier molecular flexibility index (Phi) is 7.98. The standard InChI is InChI=1S/2C11H19NO2/c2*1-8-5-10(9(2)12(13)14)7-11(3,4)6-8/h7-9H,5-6H2,1-4H3;5,8-9H,6-7H2,1-4H3. The van der Waals surface area contributed by atoms with Gasteiger partial charge in [0.05, 0.1) is 0 Å². The van der Waals surface area contributed by atoms with Gasteiger partial charge in [0, 0.05) is 23.7 Å². The highest BCUT2D eigenvalue weighted by molar-refractivity contribution is 5.16. The SMILES string of the molecule is CC1C=C(C(C)[N+](=O)[O-])CC(C)(C)C1.CC1CC(C(C)[N+](=O)[O-])=CC(C)(C)C1. The van der Waals surface area contributed by atoms with Gasteiger partial charge in [0.25, 0.3) is 0 Å². The van der Waals surface area contributed by atoms with Crippen LogP contribution in [-0.2, 0) is 0 Å². The van der Waals surface area contributed by atoms with E-state index in [2.05, 4.69) is 53.7 Å². The number of allylic oxidation sites excluding steroid dienone is 2. The van der Waals surface area contributed by atoms with Crippen LogP contribution < -0.4 is 0 Å². The Morgan fingerprint density at radius 3 is 1.89 bits per heavy atom. The van der Waals surface area contributed by atoms with E-state index < -0.39 is 12.1 Å². The molecule has 0 radical (unpaired) electrons. The lowest BCUT2D eigenvalue weighted by Crippen LogP contribution is -2.28. The largest absolute Gasteiger partial charge is 0.264 e. The third-order valence-corrected chi connectivity index (χ3v) is 5.80. The van der Waals surface area contributed by atoms with E-state index >= 15 is 0 Å². The first-order valence-electron chi connectivity index (χ1n) is 10.3. The molecule has 2 aliphatic rings. The van der Waals surface area contributed by atoms with Gasteiger partial charge in [-0.15, -0.1) is 0 Å². The highest BCUT2D eigenvalue weighted by Crippen LogP contribution is 2.39. The molecule has 0 aliphatic heterocycles. The second kappa shape index (κ2) is 9.19. The first-order valence-corrected chi connectivity index (χ1v) is 10.3. The smallest absolute Gasteiger partial charge is 0.231 e. The van der Waals surface area contributed by atoms with Crippen LogP contribution in [-0.4, -0.2) is 21.9 Å². The van der Waals surface area contributed by atoms with E-state index in [4.69, 9.17) is 0 Å². The molecule has 2 rings (SSSR count). The molecule has 0 spiro atoms.